The zero-order valence-electron chi connectivity index (χ0n) is 12.7. The van der Waals surface area contributed by atoms with Crippen LogP contribution in [0.1, 0.15) is 18.2 Å². The lowest BCUT2D eigenvalue weighted by Crippen LogP contribution is -2.38. The van der Waals surface area contributed by atoms with E-state index >= 15 is 0 Å². The highest BCUT2D eigenvalue weighted by Crippen LogP contribution is 2.22. The summed E-state index contributed by atoms with van der Waals surface area (Å²) in [7, 11) is 0. The molecule has 3 rings (SSSR count). The first kappa shape index (κ1) is 14.8. The molecule has 3 aromatic rings. The van der Waals surface area contributed by atoms with E-state index in [2.05, 4.69) is 29.4 Å². The average molecular weight is 295 g/mol. The third kappa shape index (κ3) is 3.03. The van der Waals surface area contributed by atoms with E-state index in [1.54, 1.807) is 0 Å². The third-order valence-electron chi connectivity index (χ3n) is 4.05. The minimum atomic E-state index is -0.291. The Bertz CT molecular complexity index is 705. The fourth-order valence-corrected chi connectivity index (χ4v) is 2.63. The quantitative estimate of drug-likeness (QED) is 0.734. The Morgan fingerprint density at radius 3 is 2.64 bits per heavy atom. The Hall–Kier alpha value is -2.17. The maximum atomic E-state index is 9.79. The van der Waals surface area contributed by atoms with Gasteiger partial charge < -0.3 is 14.8 Å². The van der Waals surface area contributed by atoms with E-state index in [0.29, 0.717) is 13.1 Å². The molecular formula is C18H21N3O. The van der Waals surface area contributed by atoms with Gasteiger partial charge in [-0.2, -0.15) is 0 Å². The number of benzene rings is 1. The number of hydrogen-bond acceptors (Lipinski definition) is 3. The van der Waals surface area contributed by atoms with Gasteiger partial charge in [0.25, 0.3) is 0 Å². The molecule has 114 valence electrons. The molecule has 0 bridgehead atoms. The molecule has 4 heteroatoms. The van der Waals surface area contributed by atoms with Crippen LogP contribution in [-0.4, -0.2) is 27.6 Å². The van der Waals surface area contributed by atoms with Crippen LogP contribution in [0.3, 0.4) is 0 Å². The van der Waals surface area contributed by atoms with E-state index < -0.39 is 0 Å². The first-order valence-corrected chi connectivity index (χ1v) is 7.51. The normalized spacial score (nSPS) is 14.1. The molecule has 4 nitrogen and oxygen atoms in total. The monoisotopic (exact) mass is 295 g/mol. The second-order valence-corrected chi connectivity index (χ2v) is 5.89. The van der Waals surface area contributed by atoms with Crippen molar-refractivity contribution in [2.75, 3.05) is 13.2 Å². The first-order chi connectivity index (χ1) is 10.7. The predicted molar refractivity (Wildman–Crippen MR) is 87.8 cm³/mol. The fourth-order valence-electron chi connectivity index (χ4n) is 2.63. The van der Waals surface area contributed by atoms with Crippen LogP contribution in [0.4, 0.5) is 0 Å². The van der Waals surface area contributed by atoms with E-state index in [0.717, 1.165) is 16.9 Å². The lowest BCUT2D eigenvalue weighted by atomic mass is 9.83. The van der Waals surface area contributed by atoms with Crippen LogP contribution in [0.5, 0.6) is 0 Å². The molecule has 0 aliphatic heterocycles. The molecule has 0 saturated heterocycles. The Balaban J connectivity index is 1.66. The van der Waals surface area contributed by atoms with E-state index in [9.17, 15) is 5.11 Å². The summed E-state index contributed by atoms with van der Waals surface area (Å²) in [6, 6.07) is 16.1. The van der Waals surface area contributed by atoms with Gasteiger partial charge in [0.2, 0.25) is 0 Å². The number of fused-ring (bicyclic) bond motifs is 1. The highest BCUT2D eigenvalue weighted by Gasteiger charge is 2.25. The van der Waals surface area contributed by atoms with Crippen molar-refractivity contribution in [3.05, 3.63) is 72.2 Å². The van der Waals surface area contributed by atoms with Crippen LogP contribution in [-0.2, 0) is 12.0 Å². The smallest absolute Gasteiger partial charge is 0.137 e. The molecule has 0 amide bonds. The summed E-state index contributed by atoms with van der Waals surface area (Å²) >= 11 is 0. The van der Waals surface area contributed by atoms with Crippen LogP contribution in [0.15, 0.2) is 60.9 Å². The minimum absolute atomic E-state index is 0.106. The number of rotatable bonds is 6. The zero-order valence-corrected chi connectivity index (χ0v) is 12.7. The van der Waals surface area contributed by atoms with Crippen LogP contribution < -0.4 is 5.32 Å². The number of aromatic nitrogens is 2. The maximum absolute atomic E-state index is 9.79. The van der Waals surface area contributed by atoms with Crippen molar-refractivity contribution in [2.45, 2.75) is 18.9 Å². The second-order valence-electron chi connectivity index (χ2n) is 5.89. The predicted octanol–water partition coefficient (Wildman–Crippen LogP) is 2.37. The van der Waals surface area contributed by atoms with Crippen molar-refractivity contribution in [3.63, 3.8) is 0 Å². The number of nitrogens with zero attached hydrogens (tertiary/aromatic N) is 2. The third-order valence-corrected chi connectivity index (χ3v) is 4.05. The highest BCUT2D eigenvalue weighted by atomic mass is 16.3. The van der Waals surface area contributed by atoms with Gasteiger partial charge in [0.05, 0.1) is 12.3 Å². The molecule has 0 saturated carbocycles. The van der Waals surface area contributed by atoms with Crippen LogP contribution >= 0.6 is 0 Å². The second kappa shape index (κ2) is 6.30. The van der Waals surface area contributed by atoms with Crippen molar-refractivity contribution < 1.29 is 5.11 Å². The zero-order chi connectivity index (χ0) is 15.4. The SMILES string of the molecule is CC(CO)(CNCc1cn2ccccc2n1)c1ccccc1. The average Bonchev–Trinajstić information content (AvgIpc) is 2.98. The van der Waals surface area contributed by atoms with Gasteiger partial charge in [0, 0.05) is 30.9 Å². The van der Waals surface area contributed by atoms with Gasteiger partial charge in [-0.25, -0.2) is 4.98 Å². The maximum Gasteiger partial charge on any atom is 0.137 e. The summed E-state index contributed by atoms with van der Waals surface area (Å²) < 4.78 is 2.01. The molecule has 1 atom stereocenters. The van der Waals surface area contributed by atoms with Crippen molar-refractivity contribution in [2.24, 2.45) is 0 Å². The van der Waals surface area contributed by atoms with Gasteiger partial charge in [-0.1, -0.05) is 43.3 Å². The van der Waals surface area contributed by atoms with Crippen molar-refractivity contribution in [1.29, 1.82) is 0 Å². The minimum Gasteiger partial charge on any atom is -0.395 e. The van der Waals surface area contributed by atoms with Gasteiger partial charge in [-0.15, -0.1) is 0 Å². The number of aliphatic hydroxyl groups is 1. The van der Waals surface area contributed by atoms with E-state index in [-0.39, 0.29) is 12.0 Å². The molecule has 1 aromatic carbocycles. The van der Waals surface area contributed by atoms with E-state index in [1.165, 1.54) is 0 Å². The molecule has 0 radical (unpaired) electrons. The molecule has 1 unspecified atom stereocenters. The van der Waals surface area contributed by atoms with Crippen molar-refractivity contribution >= 4 is 5.65 Å². The van der Waals surface area contributed by atoms with Crippen molar-refractivity contribution in [3.8, 4) is 0 Å². The molecule has 0 aliphatic carbocycles. The number of nitrogens with one attached hydrogen (secondary N) is 1. The standard InChI is InChI=1S/C18H21N3O/c1-18(14-22,15-7-3-2-4-8-15)13-19-11-16-12-21-10-6-5-9-17(21)20-16/h2-10,12,19,22H,11,13-14H2,1H3. The number of aliphatic hydroxyl groups excluding tert-OH is 1. The number of imidazole rings is 1. The van der Waals surface area contributed by atoms with Gasteiger partial charge in [-0.3, -0.25) is 0 Å². The van der Waals surface area contributed by atoms with Gasteiger partial charge >= 0.3 is 0 Å². The van der Waals surface area contributed by atoms with Crippen LogP contribution in [0, 0.1) is 0 Å². The fraction of sp³-hybridized carbons (Fsp3) is 0.278. The van der Waals surface area contributed by atoms with Crippen molar-refractivity contribution in [1.82, 2.24) is 14.7 Å². The largest absolute Gasteiger partial charge is 0.395 e. The van der Waals surface area contributed by atoms with E-state index in [4.69, 9.17) is 0 Å². The summed E-state index contributed by atoms with van der Waals surface area (Å²) in [5.41, 5.74) is 2.80. The molecule has 22 heavy (non-hydrogen) atoms. The Labute approximate surface area is 130 Å². The Kier molecular flexibility index (Phi) is 4.22. The molecule has 2 aromatic heterocycles. The summed E-state index contributed by atoms with van der Waals surface area (Å²) in [5, 5.41) is 13.2. The molecule has 0 spiro atoms. The van der Waals surface area contributed by atoms with Crippen LogP contribution in [0.2, 0.25) is 0 Å². The lowest BCUT2D eigenvalue weighted by Gasteiger charge is -2.28. The molecular weight excluding hydrogens is 274 g/mol. The summed E-state index contributed by atoms with van der Waals surface area (Å²) in [5.74, 6) is 0. The summed E-state index contributed by atoms with van der Waals surface area (Å²) in [4.78, 5) is 4.57. The molecule has 2 heterocycles. The molecule has 0 fully saturated rings. The lowest BCUT2D eigenvalue weighted by molar-refractivity contribution is 0.201. The summed E-state index contributed by atoms with van der Waals surface area (Å²) in [6.45, 7) is 3.56. The van der Waals surface area contributed by atoms with E-state index in [1.807, 2.05) is 53.2 Å². The van der Waals surface area contributed by atoms with Gasteiger partial charge in [0.1, 0.15) is 5.65 Å². The highest BCUT2D eigenvalue weighted by molar-refractivity contribution is 5.39. The Morgan fingerprint density at radius 2 is 1.91 bits per heavy atom. The molecule has 0 aliphatic rings. The van der Waals surface area contributed by atoms with Gasteiger partial charge in [-0.05, 0) is 17.7 Å². The topological polar surface area (TPSA) is 49.6 Å². The van der Waals surface area contributed by atoms with Crippen LogP contribution in [0.25, 0.3) is 5.65 Å². The van der Waals surface area contributed by atoms with Gasteiger partial charge in [0.15, 0.2) is 0 Å². The number of pyridine rings is 1. The first-order valence-electron chi connectivity index (χ1n) is 7.51. The molecule has 2 N–H and O–H groups in total. The summed E-state index contributed by atoms with van der Waals surface area (Å²) in [6.07, 6.45) is 4.02. The Morgan fingerprint density at radius 1 is 1.14 bits per heavy atom. The number of hydrogen-bond donors (Lipinski definition) is 2.